The zero-order valence-electron chi connectivity index (χ0n) is 10.5. The van der Waals surface area contributed by atoms with Crippen molar-refractivity contribution in [1.29, 1.82) is 0 Å². The van der Waals surface area contributed by atoms with Crippen LogP contribution in [0.3, 0.4) is 0 Å². The first-order valence-electron chi connectivity index (χ1n) is 5.47. The molecule has 0 saturated heterocycles. The molecule has 3 nitrogen and oxygen atoms in total. The number of anilines is 2. The first-order chi connectivity index (χ1) is 8.04. The van der Waals surface area contributed by atoms with Gasteiger partial charge in [0.2, 0.25) is 0 Å². The summed E-state index contributed by atoms with van der Waals surface area (Å²) in [5.41, 5.74) is 4.47. The summed E-state index contributed by atoms with van der Waals surface area (Å²) in [6.45, 7) is 5.05. The molecule has 0 amide bonds. The highest BCUT2D eigenvalue weighted by molar-refractivity contribution is 5.68. The summed E-state index contributed by atoms with van der Waals surface area (Å²) in [5.74, 6) is 0. The van der Waals surface area contributed by atoms with E-state index in [-0.39, 0.29) is 5.69 Å². The molecule has 0 fully saturated rings. The van der Waals surface area contributed by atoms with E-state index in [1.54, 1.807) is 20.8 Å². The molecule has 1 unspecified atom stereocenters. The number of nitrogen functional groups attached to an aromatic ring is 1. The largest absolute Gasteiger partial charge is 0.416 e. The van der Waals surface area contributed by atoms with Crippen molar-refractivity contribution in [2.24, 2.45) is 0 Å². The number of alkyl halides is 3. The number of aliphatic hydroxyl groups excluding tert-OH is 1. The van der Waals surface area contributed by atoms with Crippen LogP contribution in [0.25, 0.3) is 0 Å². The van der Waals surface area contributed by atoms with Crippen molar-refractivity contribution in [2.45, 2.75) is 38.6 Å². The zero-order chi connectivity index (χ0) is 14.1. The van der Waals surface area contributed by atoms with Gasteiger partial charge in [0.05, 0.1) is 28.6 Å². The molecule has 0 saturated carbocycles. The summed E-state index contributed by atoms with van der Waals surface area (Å²) in [5, 5.41) is 12.5. The van der Waals surface area contributed by atoms with Crippen molar-refractivity contribution in [2.75, 3.05) is 11.1 Å². The molecule has 4 N–H and O–H groups in total. The number of benzene rings is 1. The van der Waals surface area contributed by atoms with Crippen LogP contribution in [-0.2, 0) is 6.18 Å². The van der Waals surface area contributed by atoms with Gasteiger partial charge < -0.3 is 16.2 Å². The van der Waals surface area contributed by atoms with Gasteiger partial charge in [-0.3, -0.25) is 0 Å². The highest BCUT2D eigenvalue weighted by Gasteiger charge is 2.31. The van der Waals surface area contributed by atoms with Crippen molar-refractivity contribution in [1.82, 2.24) is 0 Å². The predicted octanol–water partition coefficient (Wildman–Crippen LogP) is 2.86. The van der Waals surface area contributed by atoms with Crippen LogP contribution < -0.4 is 11.1 Å². The normalized spacial score (nSPS) is 14.4. The van der Waals surface area contributed by atoms with Crippen LogP contribution >= 0.6 is 0 Å². The van der Waals surface area contributed by atoms with E-state index in [2.05, 4.69) is 5.32 Å². The second-order valence-corrected chi connectivity index (χ2v) is 4.82. The zero-order valence-corrected chi connectivity index (χ0v) is 10.5. The van der Waals surface area contributed by atoms with Gasteiger partial charge in [-0.1, -0.05) is 0 Å². The van der Waals surface area contributed by atoms with E-state index in [1.165, 1.54) is 6.07 Å². The van der Waals surface area contributed by atoms with Gasteiger partial charge in [-0.2, -0.15) is 13.2 Å². The number of nitrogens with two attached hydrogens (primary N) is 1. The van der Waals surface area contributed by atoms with Gasteiger partial charge in [-0.05, 0) is 39.0 Å². The molecule has 0 bridgehead atoms. The molecule has 0 aliphatic rings. The fourth-order valence-electron chi connectivity index (χ4n) is 1.30. The van der Waals surface area contributed by atoms with E-state index in [0.29, 0.717) is 5.69 Å². The Kier molecular flexibility index (Phi) is 3.81. The van der Waals surface area contributed by atoms with E-state index < -0.39 is 23.4 Å². The van der Waals surface area contributed by atoms with Crippen LogP contribution in [0.1, 0.15) is 26.3 Å². The lowest BCUT2D eigenvalue weighted by molar-refractivity contribution is -0.137. The predicted molar refractivity (Wildman–Crippen MR) is 65.2 cm³/mol. The van der Waals surface area contributed by atoms with Gasteiger partial charge in [0.15, 0.2) is 0 Å². The minimum atomic E-state index is -4.41. The highest BCUT2D eigenvalue weighted by Crippen LogP contribution is 2.33. The molecule has 1 atom stereocenters. The summed E-state index contributed by atoms with van der Waals surface area (Å²) in [6.07, 6.45) is -5.09. The molecule has 1 aromatic carbocycles. The van der Waals surface area contributed by atoms with Crippen molar-refractivity contribution in [3.8, 4) is 0 Å². The summed E-state index contributed by atoms with van der Waals surface area (Å²) in [7, 11) is 0. The quantitative estimate of drug-likeness (QED) is 0.734. The van der Waals surface area contributed by atoms with Gasteiger partial charge in [0.1, 0.15) is 0 Å². The van der Waals surface area contributed by atoms with Crippen molar-refractivity contribution < 1.29 is 18.3 Å². The smallest absolute Gasteiger partial charge is 0.397 e. The lowest BCUT2D eigenvalue weighted by atomic mass is 9.98. The molecule has 1 rings (SSSR count). The van der Waals surface area contributed by atoms with Crippen LogP contribution in [0.2, 0.25) is 0 Å². The molecule has 0 aliphatic carbocycles. The lowest BCUT2D eigenvalue weighted by Crippen LogP contribution is -2.42. The minimum Gasteiger partial charge on any atom is -0.397 e. The van der Waals surface area contributed by atoms with Gasteiger partial charge in [0, 0.05) is 0 Å². The Hall–Kier alpha value is -1.43. The van der Waals surface area contributed by atoms with E-state index in [9.17, 15) is 18.3 Å². The molecule has 0 radical (unpaired) electrons. The van der Waals surface area contributed by atoms with Gasteiger partial charge >= 0.3 is 6.18 Å². The maximum Gasteiger partial charge on any atom is 0.416 e. The van der Waals surface area contributed by atoms with Crippen LogP contribution in [0.4, 0.5) is 24.5 Å². The number of aliphatic hydroxyl groups is 1. The molecule has 0 aliphatic heterocycles. The van der Waals surface area contributed by atoms with E-state index in [0.717, 1.165) is 12.1 Å². The number of hydrogen-bond donors (Lipinski definition) is 3. The fourth-order valence-corrected chi connectivity index (χ4v) is 1.30. The molecule has 102 valence electrons. The first kappa shape index (κ1) is 14.6. The van der Waals surface area contributed by atoms with E-state index in [4.69, 9.17) is 5.73 Å². The lowest BCUT2D eigenvalue weighted by Gasteiger charge is -2.31. The highest BCUT2D eigenvalue weighted by atomic mass is 19.4. The third-order valence-corrected chi connectivity index (χ3v) is 2.88. The standard InChI is InChI=1S/C12H17F3N2O/c1-7(18)11(2,3)17-10-5-4-8(6-9(10)16)12(13,14)15/h4-7,17-18H,16H2,1-3H3. The second kappa shape index (κ2) is 4.68. The molecule has 6 heteroatoms. The van der Waals surface area contributed by atoms with E-state index in [1.807, 2.05) is 0 Å². The third-order valence-electron chi connectivity index (χ3n) is 2.88. The average Bonchev–Trinajstić information content (AvgIpc) is 2.19. The molecule has 0 spiro atoms. The Balaban J connectivity index is 3.01. The Morgan fingerprint density at radius 1 is 1.28 bits per heavy atom. The summed E-state index contributed by atoms with van der Waals surface area (Å²) < 4.78 is 37.3. The summed E-state index contributed by atoms with van der Waals surface area (Å²) in [4.78, 5) is 0. The Morgan fingerprint density at radius 2 is 1.83 bits per heavy atom. The molecular weight excluding hydrogens is 245 g/mol. The monoisotopic (exact) mass is 262 g/mol. The number of rotatable bonds is 3. The molecule has 18 heavy (non-hydrogen) atoms. The maximum absolute atomic E-state index is 12.4. The molecule has 0 aromatic heterocycles. The summed E-state index contributed by atoms with van der Waals surface area (Å²) in [6, 6.07) is 3.10. The topological polar surface area (TPSA) is 58.3 Å². The van der Waals surface area contributed by atoms with Crippen LogP contribution in [0.15, 0.2) is 18.2 Å². The van der Waals surface area contributed by atoms with Crippen LogP contribution in [-0.4, -0.2) is 16.7 Å². The Bertz CT molecular complexity index is 428. The Labute approximate surface area is 104 Å². The third kappa shape index (κ3) is 3.29. The van der Waals surface area contributed by atoms with Gasteiger partial charge in [-0.25, -0.2) is 0 Å². The minimum absolute atomic E-state index is 0.00134. The fraction of sp³-hybridized carbons (Fsp3) is 0.500. The second-order valence-electron chi connectivity index (χ2n) is 4.82. The number of nitrogens with one attached hydrogen (secondary N) is 1. The number of hydrogen-bond acceptors (Lipinski definition) is 3. The van der Waals surface area contributed by atoms with Crippen molar-refractivity contribution in [3.63, 3.8) is 0 Å². The van der Waals surface area contributed by atoms with Gasteiger partial charge in [0.25, 0.3) is 0 Å². The van der Waals surface area contributed by atoms with Crippen LogP contribution in [0, 0.1) is 0 Å². The van der Waals surface area contributed by atoms with Crippen molar-refractivity contribution in [3.05, 3.63) is 23.8 Å². The average molecular weight is 262 g/mol. The van der Waals surface area contributed by atoms with Gasteiger partial charge in [-0.15, -0.1) is 0 Å². The van der Waals surface area contributed by atoms with Crippen molar-refractivity contribution >= 4 is 11.4 Å². The Morgan fingerprint density at radius 3 is 2.22 bits per heavy atom. The molecular formula is C12H17F3N2O. The maximum atomic E-state index is 12.4. The SMILES string of the molecule is CC(O)C(C)(C)Nc1ccc(C(F)(F)F)cc1N. The first-order valence-corrected chi connectivity index (χ1v) is 5.47. The molecule has 0 heterocycles. The van der Waals surface area contributed by atoms with E-state index >= 15 is 0 Å². The van der Waals surface area contributed by atoms with Crippen LogP contribution in [0.5, 0.6) is 0 Å². The summed E-state index contributed by atoms with van der Waals surface area (Å²) >= 11 is 0. The molecule has 1 aromatic rings. The number of halogens is 3.